The first-order valence-electron chi connectivity index (χ1n) is 6.11. The Morgan fingerprint density at radius 2 is 0.875 bits per heavy atom. The lowest BCUT2D eigenvalue weighted by Gasteiger charge is -2.05. The lowest BCUT2D eigenvalue weighted by atomic mass is 10.0. The molecule has 1 rings (SSSR count). The summed E-state index contributed by atoms with van der Waals surface area (Å²) in [5, 5.41) is 0. The summed E-state index contributed by atoms with van der Waals surface area (Å²) in [5.74, 6) is 0. The van der Waals surface area contributed by atoms with Crippen molar-refractivity contribution in [2.45, 2.75) is 52.4 Å². The zero-order chi connectivity index (χ0) is 12.5. The summed E-state index contributed by atoms with van der Waals surface area (Å²) in [6, 6.07) is 0. The normalized spacial score (nSPS) is 14.8. The maximum absolute atomic E-state index is 4.51. The summed E-state index contributed by atoms with van der Waals surface area (Å²) in [6.45, 7) is 3.81. The molecule has 2 heteroatoms. The molecule has 0 radical (unpaired) electrons. The Morgan fingerprint density at radius 1 is 0.625 bits per heavy atom. The molecule has 0 aromatic carbocycles. The minimum Gasteiger partial charge on any atom is -0.505 e. The molecule has 1 fully saturated rings. The van der Waals surface area contributed by atoms with Crippen LogP contribution in [0.1, 0.15) is 52.4 Å². The van der Waals surface area contributed by atoms with Crippen LogP contribution in [0, 0.1) is 0 Å². The van der Waals surface area contributed by atoms with Gasteiger partial charge in [0.1, 0.15) is 0 Å². The molecule has 0 unspecified atom stereocenters. The Labute approximate surface area is 101 Å². The quantitative estimate of drug-likeness (QED) is 0.639. The number of ether oxygens (including phenoxy) is 2. The first-order chi connectivity index (χ1) is 7.83. The molecule has 0 spiro atoms. The van der Waals surface area contributed by atoms with Gasteiger partial charge >= 0.3 is 0 Å². The van der Waals surface area contributed by atoms with E-state index in [1.807, 2.05) is 26.0 Å². The molecule has 0 atom stereocenters. The molecule has 1 saturated carbocycles. The molecular weight excluding hydrogens is 200 g/mol. The van der Waals surface area contributed by atoms with E-state index in [0.717, 1.165) is 0 Å². The van der Waals surface area contributed by atoms with Gasteiger partial charge in [-0.05, 0) is 13.8 Å². The average Bonchev–Trinajstić information content (AvgIpc) is 2.35. The van der Waals surface area contributed by atoms with Gasteiger partial charge in [-0.15, -0.1) is 0 Å². The number of hydrogen-bond donors (Lipinski definition) is 0. The first-order valence-corrected chi connectivity index (χ1v) is 6.11. The maximum atomic E-state index is 4.51. The van der Waals surface area contributed by atoms with Crippen LogP contribution in [0.5, 0.6) is 0 Å². The highest BCUT2D eigenvalue weighted by atomic mass is 16.5. The molecule has 2 nitrogen and oxygen atoms in total. The Bertz CT molecular complexity index is 123. The predicted octanol–water partition coefficient (Wildman–Crippen LogP) is 4.67. The molecule has 0 heterocycles. The summed E-state index contributed by atoms with van der Waals surface area (Å²) in [5.41, 5.74) is 0. The van der Waals surface area contributed by atoms with E-state index >= 15 is 0 Å². The summed E-state index contributed by atoms with van der Waals surface area (Å²) >= 11 is 0. The van der Waals surface area contributed by atoms with Crippen LogP contribution in [0.3, 0.4) is 0 Å². The van der Waals surface area contributed by atoms with Crippen molar-refractivity contribution in [3.63, 3.8) is 0 Å². The van der Waals surface area contributed by atoms with Crippen LogP contribution in [-0.2, 0) is 9.47 Å². The summed E-state index contributed by atoms with van der Waals surface area (Å²) in [4.78, 5) is 0. The molecule has 0 saturated heterocycles. The molecule has 96 valence electrons. The van der Waals surface area contributed by atoms with Crippen LogP contribution < -0.4 is 0 Å². The van der Waals surface area contributed by atoms with Crippen LogP contribution in [0.25, 0.3) is 0 Å². The molecule has 0 amide bonds. The second-order valence-corrected chi connectivity index (χ2v) is 3.53. The summed E-state index contributed by atoms with van der Waals surface area (Å²) in [6.07, 6.45) is 15.9. The fraction of sp³-hybridized carbons (Fsp3) is 0.714. The standard InChI is InChI=1S/C6H12.2C4H8O/c1-2-4-6-5-3-1;2*1-3-4-5-2/h1-6H2;2*3-4H,1-2H3. The average molecular weight is 228 g/mol. The zero-order valence-electron chi connectivity index (χ0n) is 11.4. The van der Waals surface area contributed by atoms with E-state index in [1.54, 1.807) is 26.7 Å². The van der Waals surface area contributed by atoms with E-state index in [1.165, 1.54) is 38.5 Å². The highest BCUT2D eigenvalue weighted by Gasteiger charge is 1.95. The van der Waals surface area contributed by atoms with E-state index in [9.17, 15) is 0 Å². The van der Waals surface area contributed by atoms with Gasteiger partial charge in [-0.1, -0.05) is 50.7 Å². The lowest BCUT2D eigenvalue weighted by molar-refractivity contribution is 0.337. The molecule has 0 aromatic rings. The number of hydrogen-bond acceptors (Lipinski definition) is 2. The molecular formula is C14H28O2. The highest BCUT2D eigenvalue weighted by Crippen LogP contribution is 2.15. The third-order valence-corrected chi connectivity index (χ3v) is 2.04. The van der Waals surface area contributed by atoms with Gasteiger partial charge in [0.15, 0.2) is 0 Å². The van der Waals surface area contributed by atoms with Gasteiger partial charge in [0.25, 0.3) is 0 Å². The number of methoxy groups -OCH3 is 2. The Balaban J connectivity index is 0. The monoisotopic (exact) mass is 228 g/mol. The van der Waals surface area contributed by atoms with Crippen molar-refractivity contribution in [2.75, 3.05) is 14.2 Å². The largest absolute Gasteiger partial charge is 0.505 e. The third-order valence-electron chi connectivity index (χ3n) is 2.04. The van der Waals surface area contributed by atoms with Crippen LogP contribution in [-0.4, -0.2) is 14.2 Å². The van der Waals surface area contributed by atoms with Gasteiger partial charge in [-0.3, -0.25) is 0 Å². The van der Waals surface area contributed by atoms with Gasteiger partial charge in [-0.2, -0.15) is 0 Å². The zero-order valence-corrected chi connectivity index (χ0v) is 11.4. The van der Waals surface area contributed by atoms with Crippen molar-refractivity contribution in [3.05, 3.63) is 24.7 Å². The van der Waals surface area contributed by atoms with Crippen LogP contribution >= 0.6 is 0 Å². The molecule has 1 aliphatic carbocycles. The maximum Gasteiger partial charge on any atom is 0.0781 e. The van der Waals surface area contributed by atoms with E-state index in [2.05, 4.69) is 9.47 Å². The van der Waals surface area contributed by atoms with Gasteiger partial charge in [-0.25, -0.2) is 0 Å². The first kappa shape index (κ1) is 17.5. The van der Waals surface area contributed by atoms with Crippen molar-refractivity contribution in [3.8, 4) is 0 Å². The van der Waals surface area contributed by atoms with Crippen LogP contribution in [0.2, 0.25) is 0 Å². The summed E-state index contributed by atoms with van der Waals surface area (Å²) < 4.78 is 9.02. The second kappa shape index (κ2) is 19.6. The van der Waals surface area contributed by atoms with E-state index in [-0.39, 0.29) is 0 Å². The van der Waals surface area contributed by atoms with Crippen molar-refractivity contribution in [1.82, 2.24) is 0 Å². The van der Waals surface area contributed by atoms with E-state index < -0.39 is 0 Å². The van der Waals surface area contributed by atoms with Gasteiger partial charge in [0, 0.05) is 0 Å². The predicted molar refractivity (Wildman–Crippen MR) is 71.3 cm³/mol. The second-order valence-electron chi connectivity index (χ2n) is 3.53. The fourth-order valence-electron chi connectivity index (χ4n) is 1.33. The van der Waals surface area contributed by atoms with E-state index in [0.29, 0.717) is 0 Å². The van der Waals surface area contributed by atoms with Crippen molar-refractivity contribution >= 4 is 0 Å². The molecule has 0 bridgehead atoms. The van der Waals surface area contributed by atoms with Gasteiger partial charge < -0.3 is 9.47 Å². The Kier molecular flexibility index (Phi) is 21.4. The smallest absolute Gasteiger partial charge is 0.0781 e. The number of rotatable bonds is 2. The topological polar surface area (TPSA) is 18.5 Å². The number of allylic oxidation sites excluding steroid dienone is 2. The third kappa shape index (κ3) is 23.2. The fourth-order valence-corrected chi connectivity index (χ4v) is 1.33. The van der Waals surface area contributed by atoms with Crippen LogP contribution in [0.15, 0.2) is 24.7 Å². The van der Waals surface area contributed by atoms with Crippen LogP contribution in [0.4, 0.5) is 0 Å². The molecule has 0 aromatic heterocycles. The molecule has 0 N–H and O–H groups in total. The van der Waals surface area contributed by atoms with Crippen molar-refractivity contribution in [1.29, 1.82) is 0 Å². The minimum absolute atomic E-state index is 1.50. The SMILES string of the molecule is C1CCCCC1.CC=COC.CC=COC. The molecule has 0 aliphatic heterocycles. The van der Waals surface area contributed by atoms with E-state index in [4.69, 9.17) is 0 Å². The minimum atomic E-state index is 1.50. The summed E-state index contributed by atoms with van der Waals surface area (Å²) in [7, 11) is 3.25. The highest BCUT2D eigenvalue weighted by molar-refractivity contribution is 4.63. The molecule has 16 heavy (non-hydrogen) atoms. The van der Waals surface area contributed by atoms with Crippen molar-refractivity contribution < 1.29 is 9.47 Å². The van der Waals surface area contributed by atoms with Crippen molar-refractivity contribution in [2.24, 2.45) is 0 Å². The van der Waals surface area contributed by atoms with Gasteiger partial charge in [0.2, 0.25) is 0 Å². The van der Waals surface area contributed by atoms with Gasteiger partial charge in [0.05, 0.1) is 26.7 Å². The lowest BCUT2D eigenvalue weighted by Crippen LogP contribution is -1.85. The Morgan fingerprint density at radius 3 is 0.938 bits per heavy atom. The molecule has 1 aliphatic rings. The Hall–Kier alpha value is -0.920.